The van der Waals surface area contributed by atoms with Gasteiger partial charge in [-0.25, -0.2) is 0 Å². The van der Waals surface area contributed by atoms with Gasteiger partial charge in [-0.2, -0.15) is 0 Å². The Hall–Kier alpha value is -2.35. The average molecular weight is 290 g/mol. The number of carbonyl (C=O) groups excluding carboxylic acids is 1. The molecule has 0 unspecified atom stereocenters. The summed E-state index contributed by atoms with van der Waals surface area (Å²) in [4.78, 5) is 12.8. The highest BCUT2D eigenvalue weighted by Crippen LogP contribution is 2.50. The van der Waals surface area contributed by atoms with Gasteiger partial charge in [0.1, 0.15) is 11.5 Å². The molecule has 1 spiro atoms. The van der Waals surface area contributed by atoms with Gasteiger partial charge in [0.25, 0.3) is 0 Å². The number of ether oxygens (including phenoxy) is 1. The molecule has 22 heavy (non-hydrogen) atoms. The lowest BCUT2D eigenvalue weighted by Gasteiger charge is -2.22. The van der Waals surface area contributed by atoms with E-state index in [1.165, 1.54) is 16.7 Å². The summed E-state index contributed by atoms with van der Waals surface area (Å²) < 4.78 is 5.21. The van der Waals surface area contributed by atoms with Crippen LogP contribution in [-0.4, -0.2) is 12.9 Å². The highest BCUT2D eigenvalue weighted by Gasteiger charge is 2.48. The molecule has 2 aliphatic carbocycles. The number of ketones is 1. The van der Waals surface area contributed by atoms with Gasteiger partial charge >= 0.3 is 0 Å². The molecule has 2 aromatic rings. The van der Waals surface area contributed by atoms with E-state index in [0.717, 1.165) is 12.2 Å². The second-order valence-corrected chi connectivity index (χ2v) is 6.19. The first-order chi connectivity index (χ1) is 10.7. The van der Waals surface area contributed by atoms with Crippen LogP contribution in [-0.2, 0) is 10.2 Å². The van der Waals surface area contributed by atoms with Crippen molar-refractivity contribution < 1.29 is 9.53 Å². The van der Waals surface area contributed by atoms with Gasteiger partial charge < -0.3 is 4.74 Å². The number of carbonyl (C=O) groups is 1. The Morgan fingerprint density at radius 2 is 1.86 bits per heavy atom. The molecule has 2 nitrogen and oxygen atoms in total. The van der Waals surface area contributed by atoms with Crippen molar-refractivity contribution in [2.24, 2.45) is 0 Å². The van der Waals surface area contributed by atoms with Crippen molar-refractivity contribution >= 4 is 11.9 Å². The van der Waals surface area contributed by atoms with Crippen molar-refractivity contribution in [3.8, 4) is 5.75 Å². The van der Waals surface area contributed by atoms with E-state index in [-0.39, 0.29) is 5.92 Å². The maximum absolute atomic E-state index is 12.8. The fourth-order valence-corrected chi connectivity index (χ4v) is 3.88. The lowest BCUT2D eigenvalue weighted by molar-refractivity contribution is -0.120. The molecule has 1 fully saturated rings. The summed E-state index contributed by atoms with van der Waals surface area (Å²) in [7, 11) is 1.67. The fourth-order valence-electron chi connectivity index (χ4n) is 3.88. The fraction of sp³-hybridized carbons (Fsp3) is 0.250. The predicted molar refractivity (Wildman–Crippen MR) is 87.1 cm³/mol. The number of hydrogen-bond acceptors (Lipinski definition) is 2. The third-order valence-electron chi connectivity index (χ3n) is 5.07. The molecule has 0 radical (unpaired) electrons. The van der Waals surface area contributed by atoms with Crippen LogP contribution in [0.3, 0.4) is 0 Å². The smallest absolute Gasteiger partial charge is 0.147 e. The molecule has 2 atom stereocenters. The van der Waals surface area contributed by atoms with E-state index >= 15 is 0 Å². The molecule has 0 bridgehead atoms. The topological polar surface area (TPSA) is 26.3 Å². The summed E-state index contributed by atoms with van der Waals surface area (Å²) in [5.41, 5.74) is 3.19. The number of methoxy groups -OCH3 is 1. The van der Waals surface area contributed by atoms with Gasteiger partial charge in [-0.3, -0.25) is 4.79 Å². The molecule has 0 N–H and O–H groups in total. The van der Waals surface area contributed by atoms with Crippen LogP contribution < -0.4 is 4.74 Å². The minimum atomic E-state index is -0.402. The number of Topliss-reactive ketones (excluding diaryl/α,β-unsaturated/α-hetero) is 1. The number of benzene rings is 2. The summed E-state index contributed by atoms with van der Waals surface area (Å²) in [6.07, 6.45) is 5.70. The third kappa shape index (κ3) is 1.83. The largest absolute Gasteiger partial charge is 0.497 e. The Bertz CT molecular complexity index is 758. The van der Waals surface area contributed by atoms with E-state index in [2.05, 4.69) is 36.4 Å². The first-order valence-electron chi connectivity index (χ1n) is 7.69. The molecular formula is C20H18O2. The van der Waals surface area contributed by atoms with Crippen LogP contribution in [0.25, 0.3) is 6.08 Å². The molecule has 0 saturated heterocycles. The van der Waals surface area contributed by atoms with Crippen LogP contribution >= 0.6 is 0 Å². The van der Waals surface area contributed by atoms with E-state index in [0.29, 0.717) is 12.2 Å². The van der Waals surface area contributed by atoms with Crippen LogP contribution in [0, 0.1) is 0 Å². The molecule has 0 aliphatic heterocycles. The van der Waals surface area contributed by atoms with Gasteiger partial charge in [0.2, 0.25) is 0 Å². The Labute approximate surface area is 130 Å². The zero-order chi connectivity index (χ0) is 15.2. The zero-order valence-corrected chi connectivity index (χ0v) is 12.6. The number of hydrogen-bond donors (Lipinski definition) is 0. The second-order valence-electron chi connectivity index (χ2n) is 6.19. The monoisotopic (exact) mass is 290 g/mol. The molecule has 1 saturated carbocycles. The predicted octanol–water partition coefficient (Wildman–Crippen LogP) is 4.11. The Kier molecular flexibility index (Phi) is 2.93. The molecule has 4 rings (SSSR count). The Balaban J connectivity index is 1.68. The maximum atomic E-state index is 12.8. The third-order valence-corrected chi connectivity index (χ3v) is 5.07. The Morgan fingerprint density at radius 1 is 1.09 bits per heavy atom. The van der Waals surface area contributed by atoms with Crippen LogP contribution in [0.4, 0.5) is 0 Å². The van der Waals surface area contributed by atoms with E-state index < -0.39 is 5.41 Å². The standard InChI is InChI=1S/C20H18O2/c1-22-17-8-6-14(7-9-17)16-12-19(21)20(13-16)11-10-15-4-2-3-5-18(15)20/h2-11,16H,12-13H2,1H3/t16-,20+/m1/s1. The lowest BCUT2D eigenvalue weighted by atomic mass is 9.79. The van der Waals surface area contributed by atoms with Gasteiger partial charge in [0.15, 0.2) is 0 Å². The summed E-state index contributed by atoms with van der Waals surface area (Å²) in [6.45, 7) is 0. The molecule has 0 amide bonds. The maximum Gasteiger partial charge on any atom is 0.147 e. The van der Waals surface area contributed by atoms with Gasteiger partial charge in [0.05, 0.1) is 12.5 Å². The molecule has 0 aromatic heterocycles. The van der Waals surface area contributed by atoms with Crippen LogP contribution in [0.15, 0.2) is 54.6 Å². The summed E-state index contributed by atoms with van der Waals surface area (Å²) in [5.74, 6) is 1.48. The summed E-state index contributed by atoms with van der Waals surface area (Å²) in [6, 6.07) is 16.4. The summed E-state index contributed by atoms with van der Waals surface area (Å²) in [5, 5.41) is 0. The lowest BCUT2D eigenvalue weighted by Crippen LogP contribution is -2.26. The van der Waals surface area contributed by atoms with Crippen LogP contribution in [0.2, 0.25) is 0 Å². The van der Waals surface area contributed by atoms with Gasteiger partial charge in [-0.1, -0.05) is 48.6 Å². The minimum absolute atomic E-state index is 0.286. The molecular weight excluding hydrogens is 272 g/mol. The molecule has 0 heterocycles. The van der Waals surface area contributed by atoms with Crippen LogP contribution in [0.5, 0.6) is 5.75 Å². The molecule has 110 valence electrons. The second kappa shape index (κ2) is 4.84. The van der Waals surface area contributed by atoms with E-state index in [1.807, 2.05) is 24.3 Å². The van der Waals surface area contributed by atoms with E-state index in [9.17, 15) is 4.79 Å². The minimum Gasteiger partial charge on any atom is -0.497 e. The van der Waals surface area contributed by atoms with E-state index in [4.69, 9.17) is 4.74 Å². The van der Waals surface area contributed by atoms with Crippen molar-refractivity contribution in [2.45, 2.75) is 24.2 Å². The number of rotatable bonds is 2. The van der Waals surface area contributed by atoms with Gasteiger partial charge in [-0.15, -0.1) is 0 Å². The first kappa shape index (κ1) is 13.3. The number of fused-ring (bicyclic) bond motifs is 2. The molecule has 2 aromatic carbocycles. The van der Waals surface area contributed by atoms with Gasteiger partial charge in [0, 0.05) is 6.42 Å². The summed E-state index contributed by atoms with van der Waals surface area (Å²) >= 11 is 0. The van der Waals surface area contributed by atoms with Crippen molar-refractivity contribution in [1.82, 2.24) is 0 Å². The Morgan fingerprint density at radius 3 is 2.64 bits per heavy atom. The van der Waals surface area contributed by atoms with Crippen molar-refractivity contribution in [2.75, 3.05) is 7.11 Å². The zero-order valence-electron chi connectivity index (χ0n) is 12.6. The normalized spacial score (nSPS) is 25.7. The van der Waals surface area contributed by atoms with Crippen LogP contribution in [0.1, 0.15) is 35.4 Å². The van der Waals surface area contributed by atoms with E-state index in [1.54, 1.807) is 7.11 Å². The van der Waals surface area contributed by atoms with Crippen molar-refractivity contribution in [3.05, 3.63) is 71.3 Å². The molecule has 2 aliphatic rings. The van der Waals surface area contributed by atoms with Crippen molar-refractivity contribution in [1.29, 1.82) is 0 Å². The highest BCUT2D eigenvalue weighted by molar-refractivity contribution is 5.99. The quantitative estimate of drug-likeness (QED) is 0.832. The first-order valence-corrected chi connectivity index (χ1v) is 7.69. The molecule has 2 heteroatoms. The number of allylic oxidation sites excluding steroid dienone is 1. The highest BCUT2D eigenvalue weighted by atomic mass is 16.5. The van der Waals surface area contributed by atoms with Crippen molar-refractivity contribution in [3.63, 3.8) is 0 Å². The SMILES string of the molecule is COc1ccc([C@@H]2CC(=O)[C@@]3(C=Cc4ccccc43)C2)cc1. The average Bonchev–Trinajstić information content (AvgIpc) is 3.11. The van der Waals surface area contributed by atoms with Gasteiger partial charge in [-0.05, 0) is 41.2 Å².